The molecule has 0 aliphatic heterocycles. The van der Waals surface area contributed by atoms with Crippen molar-refractivity contribution in [3.63, 3.8) is 0 Å². The van der Waals surface area contributed by atoms with Crippen molar-refractivity contribution >= 4 is 29.1 Å². The van der Waals surface area contributed by atoms with Crippen molar-refractivity contribution in [2.24, 2.45) is 0 Å². The van der Waals surface area contributed by atoms with Gasteiger partial charge in [-0.1, -0.05) is 41.9 Å². The third kappa shape index (κ3) is 4.90. The number of anilines is 3. The van der Waals surface area contributed by atoms with Crippen molar-refractivity contribution < 1.29 is 18.3 Å². The summed E-state index contributed by atoms with van der Waals surface area (Å²) in [4.78, 5) is 8.30. The summed E-state index contributed by atoms with van der Waals surface area (Å²) in [6.07, 6.45) is -4.43. The first-order chi connectivity index (χ1) is 13.3. The fourth-order valence-corrected chi connectivity index (χ4v) is 2.74. The first-order valence-electron chi connectivity index (χ1n) is 8.27. The van der Waals surface area contributed by atoms with Crippen molar-refractivity contribution in [3.8, 4) is 0 Å². The summed E-state index contributed by atoms with van der Waals surface area (Å²) in [5, 5.41) is 16.5. The summed E-state index contributed by atoms with van der Waals surface area (Å²) in [5.74, 6) is 0.594. The Kier molecular flexibility index (Phi) is 6.01. The maximum Gasteiger partial charge on any atom is 0.416 e. The Morgan fingerprint density at radius 2 is 1.75 bits per heavy atom. The van der Waals surface area contributed by atoms with Gasteiger partial charge in [0.1, 0.15) is 5.82 Å². The molecule has 0 spiro atoms. The Morgan fingerprint density at radius 1 is 1.04 bits per heavy atom. The topological polar surface area (TPSA) is 70.1 Å². The highest BCUT2D eigenvalue weighted by Crippen LogP contribution is 2.34. The third-order valence-corrected chi connectivity index (χ3v) is 4.21. The van der Waals surface area contributed by atoms with Crippen LogP contribution in [0.1, 0.15) is 17.2 Å². The molecule has 0 radical (unpaired) electrons. The van der Waals surface area contributed by atoms with E-state index < -0.39 is 17.8 Å². The molecule has 1 unspecified atom stereocenters. The van der Waals surface area contributed by atoms with Crippen molar-refractivity contribution in [2.75, 3.05) is 17.2 Å². The van der Waals surface area contributed by atoms with Crippen LogP contribution in [0.4, 0.5) is 30.6 Å². The molecule has 1 aromatic heterocycles. The number of aromatic nitrogens is 2. The van der Waals surface area contributed by atoms with Gasteiger partial charge in [0.25, 0.3) is 0 Å². The SMILES string of the molecule is OC(CNc1ccnc(Nc2ccccc2Cl)n1)c1ccccc1C(F)(F)F. The maximum absolute atomic E-state index is 13.1. The molecular weight excluding hydrogens is 393 g/mol. The van der Waals surface area contributed by atoms with Gasteiger partial charge in [-0.15, -0.1) is 0 Å². The zero-order chi connectivity index (χ0) is 20.1. The predicted octanol–water partition coefficient (Wildman–Crippen LogP) is 5.04. The zero-order valence-corrected chi connectivity index (χ0v) is 15.2. The van der Waals surface area contributed by atoms with Crippen molar-refractivity contribution in [2.45, 2.75) is 12.3 Å². The number of halogens is 4. The number of hydrogen-bond acceptors (Lipinski definition) is 5. The molecule has 0 aliphatic rings. The number of benzene rings is 2. The van der Waals surface area contributed by atoms with Gasteiger partial charge < -0.3 is 15.7 Å². The zero-order valence-electron chi connectivity index (χ0n) is 14.4. The molecule has 9 heteroatoms. The number of alkyl halides is 3. The van der Waals surface area contributed by atoms with E-state index in [1.807, 2.05) is 0 Å². The molecule has 1 heterocycles. The summed E-state index contributed by atoms with van der Waals surface area (Å²) in [6.45, 7) is -0.157. The molecule has 146 valence electrons. The van der Waals surface area contributed by atoms with E-state index >= 15 is 0 Å². The number of aliphatic hydroxyl groups is 1. The smallest absolute Gasteiger partial charge is 0.387 e. The Morgan fingerprint density at radius 3 is 2.50 bits per heavy atom. The molecule has 1 atom stereocenters. The van der Waals surface area contributed by atoms with Crippen LogP contribution in [-0.4, -0.2) is 21.6 Å². The normalized spacial score (nSPS) is 12.5. The summed E-state index contributed by atoms with van der Waals surface area (Å²) in [7, 11) is 0. The van der Waals surface area contributed by atoms with Crippen molar-refractivity contribution in [1.29, 1.82) is 0 Å². The van der Waals surface area contributed by atoms with Gasteiger partial charge in [-0.2, -0.15) is 18.2 Å². The summed E-state index contributed by atoms with van der Waals surface area (Å²) in [5.41, 5.74) is -0.459. The van der Waals surface area contributed by atoms with Crippen LogP contribution in [0.5, 0.6) is 0 Å². The van der Waals surface area contributed by atoms with E-state index in [2.05, 4.69) is 20.6 Å². The molecule has 3 aromatic rings. The van der Waals surface area contributed by atoms with E-state index in [0.29, 0.717) is 16.5 Å². The number of rotatable bonds is 6. The van der Waals surface area contributed by atoms with Gasteiger partial charge in [0.15, 0.2) is 0 Å². The Bertz CT molecular complexity index is 952. The highest BCUT2D eigenvalue weighted by atomic mass is 35.5. The lowest BCUT2D eigenvalue weighted by atomic mass is 10.0. The minimum absolute atomic E-state index is 0.157. The molecule has 0 fully saturated rings. The van der Waals surface area contributed by atoms with Crippen LogP contribution >= 0.6 is 11.6 Å². The van der Waals surface area contributed by atoms with Crippen LogP contribution in [0, 0.1) is 0 Å². The van der Waals surface area contributed by atoms with Gasteiger partial charge in [0, 0.05) is 12.7 Å². The van der Waals surface area contributed by atoms with E-state index in [4.69, 9.17) is 11.6 Å². The van der Waals surface area contributed by atoms with E-state index in [0.717, 1.165) is 6.07 Å². The number of aliphatic hydroxyl groups excluding tert-OH is 1. The minimum Gasteiger partial charge on any atom is -0.387 e. The Balaban J connectivity index is 1.70. The van der Waals surface area contributed by atoms with Gasteiger partial charge >= 0.3 is 6.18 Å². The molecule has 28 heavy (non-hydrogen) atoms. The van der Waals surface area contributed by atoms with E-state index in [1.165, 1.54) is 24.4 Å². The third-order valence-electron chi connectivity index (χ3n) is 3.88. The molecule has 0 aliphatic carbocycles. The quantitative estimate of drug-likeness (QED) is 0.533. The molecular formula is C19H16ClF3N4O. The molecule has 5 nitrogen and oxygen atoms in total. The Hall–Kier alpha value is -2.84. The lowest BCUT2D eigenvalue weighted by Crippen LogP contribution is -2.18. The van der Waals surface area contributed by atoms with E-state index in [-0.39, 0.29) is 18.1 Å². The Labute approximate surface area is 164 Å². The van der Waals surface area contributed by atoms with Crippen molar-refractivity contribution in [3.05, 3.63) is 76.9 Å². The van der Waals surface area contributed by atoms with Crippen LogP contribution in [-0.2, 0) is 6.18 Å². The van der Waals surface area contributed by atoms with Crippen LogP contribution in [0.2, 0.25) is 5.02 Å². The number of nitrogens with zero attached hydrogens (tertiary/aromatic N) is 2. The van der Waals surface area contributed by atoms with Crippen LogP contribution < -0.4 is 10.6 Å². The number of nitrogens with one attached hydrogen (secondary N) is 2. The molecule has 3 rings (SSSR count). The fourth-order valence-electron chi connectivity index (χ4n) is 2.56. The first-order valence-corrected chi connectivity index (χ1v) is 8.65. The second-order valence-corrected chi connectivity index (χ2v) is 6.26. The van der Waals surface area contributed by atoms with Gasteiger partial charge in [0.2, 0.25) is 5.95 Å². The van der Waals surface area contributed by atoms with Crippen molar-refractivity contribution in [1.82, 2.24) is 9.97 Å². The lowest BCUT2D eigenvalue weighted by Gasteiger charge is -2.18. The average Bonchev–Trinajstić information content (AvgIpc) is 2.67. The summed E-state index contributed by atoms with van der Waals surface area (Å²) in [6, 6.07) is 13.5. The monoisotopic (exact) mass is 408 g/mol. The van der Waals surface area contributed by atoms with E-state index in [1.54, 1.807) is 30.3 Å². The molecule has 2 aromatic carbocycles. The summed E-state index contributed by atoms with van der Waals surface area (Å²) >= 11 is 6.08. The van der Waals surface area contributed by atoms with E-state index in [9.17, 15) is 18.3 Å². The van der Waals surface area contributed by atoms with Gasteiger partial charge in [0.05, 0.1) is 22.4 Å². The highest BCUT2D eigenvalue weighted by molar-refractivity contribution is 6.33. The standard InChI is InChI=1S/C19H16ClF3N4O/c20-14-7-3-4-8-15(14)26-18-24-10-9-17(27-18)25-11-16(28)12-5-1-2-6-13(12)19(21,22)23/h1-10,16,28H,11H2,(H2,24,25,26,27). The maximum atomic E-state index is 13.1. The molecule has 0 bridgehead atoms. The second kappa shape index (κ2) is 8.45. The lowest BCUT2D eigenvalue weighted by molar-refractivity contribution is -0.139. The van der Waals surface area contributed by atoms with Gasteiger partial charge in [-0.05, 0) is 29.8 Å². The van der Waals surface area contributed by atoms with Gasteiger partial charge in [-0.25, -0.2) is 4.98 Å². The minimum atomic E-state index is -4.54. The highest BCUT2D eigenvalue weighted by Gasteiger charge is 2.34. The van der Waals surface area contributed by atoms with Crippen LogP contribution in [0.15, 0.2) is 60.8 Å². The molecule has 0 saturated heterocycles. The average molecular weight is 409 g/mol. The van der Waals surface area contributed by atoms with Gasteiger partial charge in [-0.3, -0.25) is 0 Å². The fraction of sp³-hybridized carbons (Fsp3) is 0.158. The molecule has 0 saturated carbocycles. The largest absolute Gasteiger partial charge is 0.416 e. The molecule has 3 N–H and O–H groups in total. The number of para-hydroxylation sites is 1. The second-order valence-electron chi connectivity index (χ2n) is 5.85. The van der Waals surface area contributed by atoms with Crippen LogP contribution in [0.3, 0.4) is 0 Å². The van der Waals surface area contributed by atoms with Crippen LogP contribution in [0.25, 0.3) is 0 Å². The first kappa shape index (κ1) is 19.9. The summed E-state index contributed by atoms with van der Waals surface area (Å²) < 4.78 is 39.3. The molecule has 0 amide bonds. The predicted molar refractivity (Wildman–Crippen MR) is 102 cm³/mol. The number of hydrogen-bond donors (Lipinski definition) is 3.